The number of hydrogen-bond acceptors (Lipinski definition) is 8. The highest BCUT2D eigenvalue weighted by molar-refractivity contribution is 7.13. The fourth-order valence-electron chi connectivity index (χ4n) is 3.16. The van der Waals surface area contributed by atoms with Gasteiger partial charge in [-0.05, 0) is 31.2 Å². The minimum atomic E-state index is -0.837. The molecule has 0 saturated heterocycles. The van der Waals surface area contributed by atoms with Crippen LogP contribution < -0.4 is 18.9 Å². The number of esters is 1. The normalized spacial score (nSPS) is 17.3. The van der Waals surface area contributed by atoms with Gasteiger partial charge in [-0.2, -0.15) is 0 Å². The van der Waals surface area contributed by atoms with Gasteiger partial charge in [0, 0.05) is 5.38 Å². The molecule has 3 aromatic rings. The van der Waals surface area contributed by atoms with Gasteiger partial charge in [-0.25, -0.2) is 9.78 Å². The van der Waals surface area contributed by atoms with Crippen LogP contribution in [-0.2, 0) is 16.1 Å². The Bertz CT molecular complexity index is 1050. The van der Waals surface area contributed by atoms with Crippen molar-refractivity contribution in [3.8, 4) is 33.6 Å². The van der Waals surface area contributed by atoms with Gasteiger partial charge in [-0.15, -0.1) is 11.3 Å². The van der Waals surface area contributed by atoms with Crippen molar-refractivity contribution in [2.24, 2.45) is 0 Å². The lowest BCUT2D eigenvalue weighted by Crippen LogP contribution is -2.44. The van der Waals surface area contributed by atoms with Gasteiger partial charge in [0.2, 0.25) is 6.10 Å². The van der Waals surface area contributed by atoms with Crippen LogP contribution in [0.1, 0.15) is 12.6 Å². The number of hydrogen-bond donors (Lipinski definition) is 0. The molecule has 7 nitrogen and oxygen atoms in total. The molecule has 156 valence electrons. The fourth-order valence-corrected chi connectivity index (χ4v) is 3.99. The zero-order chi connectivity index (χ0) is 21.1. The monoisotopic (exact) mass is 427 g/mol. The largest absolute Gasteiger partial charge is 0.493 e. The van der Waals surface area contributed by atoms with E-state index in [4.69, 9.17) is 23.7 Å². The topological polar surface area (TPSA) is 76.1 Å². The maximum Gasteiger partial charge on any atom is 0.351 e. The summed E-state index contributed by atoms with van der Waals surface area (Å²) >= 11 is 1.44. The average molecular weight is 427 g/mol. The first kappa shape index (κ1) is 20.0. The van der Waals surface area contributed by atoms with Crippen molar-refractivity contribution in [3.63, 3.8) is 0 Å². The molecule has 1 aromatic heterocycles. The van der Waals surface area contributed by atoms with E-state index < -0.39 is 18.2 Å². The van der Waals surface area contributed by atoms with E-state index in [-0.39, 0.29) is 6.61 Å². The zero-order valence-electron chi connectivity index (χ0n) is 16.8. The quantitative estimate of drug-likeness (QED) is 0.548. The molecule has 0 N–H and O–H groups in total. The molecule has 1 aliphatic heterocycles. The lowest BCUT2D eigenvalue weighted by atomic mass is 10.2. The zero-order valence-corrected chi connectivity index (χ0v) is 17.6. The Morgan fingerprint density at radius 1 is 1.07 bits per heavy atom. The van der Waals surface area contributed by atoms with Gasteiger partial charge in [0.15, 0.2) is 23.0 Å². The number of carbonyl (C=O) groups excluding carboxylic acids is 1. The number of carbonyl (C=O) groups is 1. The predicted molar refractivity (Wildman–Crippen MR) is 111 cm³/mol. The van der Waals surface area contributed by atoms with Crippen molar-refractivity contribution in [3.05, 3.63) is 53.5 Å². The molecule has 0 bridgehead atoms. The van der Waals surface area contributed by atoms with Gasteiger partial charge in [0.1, 0.15) is 17.7 Å². The van der Waals surface area contributed by atoms with Gasteiger partial charge in [0.05, 0.1) is 25.5 Å². The van der Waals surface area contributed by atoms with Gasteiger partial charge in [-0.3, -0.25) is 0 Å². The number of nitrogens with zero attached hydrogens (tertiary/aromatic N) is 1. The summed E-state index contributed by atoms with van der Waals surface area (Å²) in [4.78, 5) is 17.1. The highest BCUT2D eigenvalue weighted by atomic mass is 32.1. The molecule has 0 amide bonds. The van der Waals surface area contributed by atoms with Crippen molar-refractivity contribution < 1.29 is 28.5 Å². The fraction of sp³-hybridized carbons (Fsp3) is 0.273. The van der Waals surface area contributed by atoms with Crippen molar-refractivity contribution in [1.29, 1.82) is 0 Å². The van der Waals surface area contributed by atoms with E-state index in [2.05, 4.69) is 4.98 Å². The summed E-state index contributed by atoms with van der Waals surface area (Å²) in [6, 6.07) is 12.8. The number of thiazole rings is 1. The van der Waals surface area contributed by atoms with Crippen LogP contribution in [-0.4, -0.2) is 37.4 Å². The van der Waals surface area contributed by atoms with Crippen LogP contribution in [0.15, 0.2) is 47.8 Å². The van der Waals surface area contributed by atoms with E-state index in [0.717, 1.165) is 10.6 Å². The Balaban J connectivity index is 1.44. The van der Waals surface area contributed by atoms with Crippen molar-refractivity contribution in [2.45, 2.75) is 25.7 Å². The number of fused-ring (bicyclic) bond motifs is 1. The summed E-state index contributed by atoms with van der Waals surface area (Å²) in [6.45, 7) is 1.81. The van der Waals surface area contributed by atoms with Crippen LogP contribution in [0.4, 0.5) is 0 Å². The Morgan fingerprint density at radius 3 is 2.57 bits per heavy atom. The molecule has 0 aliphatic carbocycles. The lowest BCUT2D eigenvalue weighted by molar-refractivity contribution is -0.159. The maximum absolute atomic E-state index is 12.6. The average Bonchev–Trinajstić information content (AvgIpc) is 3.25. The first-order valence-corrected chi connectivity index (χ1v) is 10.2. The van der Waals surface area contributed by atoms with E-state index in [1.165, 1.54) is 11.3 Å². The SMILES string of the molecule is COc1cccc(-c2nc(COC(=O)C3Oc4ccccc4OC3C)cs2)c1OC. The van der Waals surface area contributed by atoms with Crippen LogP contribution >= 0.6 is 11.3 Å². The summed E-state index contributed by atoms with van der Waals surface area (Å²) in [5.41, 5.74) is 1.45. The van der Waals surface area contributed by atoms with E-state index in [1.807, 2.05) is 35.7 Å². The molecular formula is C22H21NO6S. The molecule has 30 heavy (non-hydrogen) atoms. The van der Waals surface area contributed by atoms with Gasteiger partial charge in [-0.1, -0.05) is 18.2 Å². The third kappa shape index (κ3) is 3.91. The van der Waals surface area contributed by atoms with Gasteiger partial charge < -0.3 is 23.7 Å². The predicted octanol–water partition coefficient (Wildman–Crippen LogP) is 4.10. The van der Waals surface area contributed by atoms with Crippen molar-refractivity contribution >= 4 is 17.3 Å². The molecular weight excluding hydrogens is 406 g/mol. The minimum absolute atomic E-state index is 0.0375. The summed E-state index contributed by atoms with van der Waals surface area (Å²) < 4.78 is 27.8. The molecule has 8 heteroatoms. The molecule has 2 heterocycles. The molecule has 0 spiro atoms. The number of methoxy groups -OCH3 is 2. The third-order valence-corrected chi connectivity index (χ3v) is 5.55. The Kier molecular flexibility index (Phi) is 5.76. The summed E-state index contributed by atoms with van der Waals surface area (Å²) in [5, 5.41) is 2.59. The van der Waals surface area contributed by atoms with Crippen LogP contribution in [0.3, 0.4) is 0 Å². The molecule has 4 rings (SSSR count). The smallest absolute Gasteiger partial charge is 0.351 e. The molecule has 0 saturated carbocycles. The molecule has 2 aromatic carbocycles. The standard InChI is InChI=1S/C22H21NO6S/c1-13-19(29-17-9-5-4-8-16(17)28-13)22(24)27-11-14-12-30-21(23-14)15-7-6-10-18(25-2)20(15)26-3/h4-10,12-13,19H,11H2,1-3H3. The second kappa shape index (κ2) is 8.62. The highest BCUT2D eigenvalue weighted by Crippen LogP contribution is 2.39. The molecule has 1 aliphatic rings. The summed E-state index contributed by atoms with van der Waals surface area (Å²) in [7, 11) is 3.17. The van der Waals surface area contributed by atoms with Gasteiger partial charge >= 0.3 is 5.97 Å². The number of aromatic nitrogens is 1. The number of benzene rings is 2. The number of rotatable bonds is 6. The number of para-hydroxylation sites is 3. The van der Waals surface area contributed by atoms with E-state index in [0.29, 0.717) is 28.7 Å². The van der Waals surface area contributed by atoms with E-state index in [9.17, 15) is 4.79 Å². The van der Waals surface area contributed by atoms with Crippen LogP contribution in [0.2, 0.25) is 0 Å². The Labute approximate surface area is 178 Å². The Morgan fingerprint density at radius 2 is 1.83 bits per heavy atom. The molecule has 0 radical (unpaired) electrons. The van der Waals surface area contributed by atoms with Crippen LogP contribution in [0.5, 0.6) is 23.0 Å². The van der Waals surface area contributed by atoms with Crippen molar-refractivity contribution in [1.82, 2.24) is 4.98 Å². The highest BCUT2D eigenvalue weighted by Gasteiger charge is 2.35. The van der Waals surface area contributed by atoms with Crippen LogP contribution in [0.25, 0.3) is 10.6 Å². The minimum Gasteiger partial charge on any atom is -0.493 e. The molecule has 2 unspecified atom stereocenters. The second-order valence-corrected chi connectivity index (χ2v) is 7.46. The third-order valence-electron chi connectivity index (χ3n) is 4.62. The molecule has 0 fully saturated rings. The summed E-state index contributed by atoms with van der Waals surface area (Å²) in [6.07, 6.45) is -1.30. The van der Waals surface area contributed by atoms with E-state index in [1.54, 1.807) is 33.3 Å². The number of ether oxygens (including phenoxy) is 5. The summed E-state index contributed by atoms with van der Waals surface area (Å²) in [5.74, 6) is 1.88. The molecule has 2 atom stereocenters. The van der Waals surface area contributed by atoms with Gasteiger partial charge in [0.25, 0.3) is 0 Å². The van der Waals surface area contributed by atoms with Crippen LogP contribution in [0, 0.1) is 0 Å². The first-order chi connectivity index (χ1) is 14.6. The second-order valence-electron chi connectivity index (χ2n) is 6.60. The Hall–Kier alpha value is -3.26. The maximum atomic E-state index is 12.6. The lowest BCUT2D eigenvalue weighted by Gasteiger charge is -2.30. The van der Waals surface area contributed by atoms with Crippen molar-refractivity contribution in [2.75, 3.05) is 14.2 Å². The first-order valence-electron chi connectivity index (χ1n) is 9.35. The van der Waals surface area contributed by atoms with E-state index >= 15 is 0 Å².